The number of allylic oxidation sites excluding steroid dienone is 1. The van der Waals surface area contributed by atoms with Gasteiger partial charge in [0.25, 0.3) is 5.91 Å². The van der Waals surface area contributed by atoms with Crippen LogP contribution in [0.15, 0.2) is 52.4 Å². The highest BCUT2D eigenvalue weighted by molar-refractivity contribution is 7.13. The highest BCUT2D eigenvalue weighted by atomic mass is 32.1. The van der Waals surface area contributed by atoms with Crippen molar-refractivity contribution in [3.05, 3.63) is 68.2 Å². The number of aromatic nitrogens is 2. The van der Waals surface area contributed by atoms with E-state index < -0.39 is 0 Å². The van der Waals surface area contributed by atoms with Gasteiger partial charge in [0.1, 0.15) is 4.88 Å². The zero-order valence-electron chi connectivity index (χ0n) is 13.8. The summed E-state index contributed by atoms with van der Waals surface area (Å²) in [6.07, 6.45) is 3.34. The van der Waals surface area contributed by atoms with Gasteiger partial charge in [0.05, 0.1) is 10.9 Å². The molecule has 2 aromatic heterocycles. The molecule has 6 nitrogen and oxygen atoms in total. The lowest BCUT2D eigenvalue weighted by Crippen LogP contribution is -2.23. The SMILES string of the molecule is C=CCn1c(O)c(C2=c3cc(C)ccc3=NC2=O)s/c1=N\c1nccs1. The van der Waals surface area contributed by atoms with Crippen molar-refractivity contribution in [1.29, 1.82) is 0 Å². The quantitative estimate of drug-likeness (QED) is 0.699. The molecule has 0 saturated carbocycles. The molecule has 0 unspecified atom stereocenters. The van der Waals surface area contributed by atoms with E-state index in [1.54, 1.807) is 16.8 Å². The van der Waals surface area contributed by atoms with E-state index in [1.807, 2.05) is 30.5 Å². The molecule has 0 bridgehead atoms. The molecular formula is C18H14N4O2S2. The maximum Gasteiger partial charge on any atom is 0.279 e. The third-order valence-electron chi connectivity index (χ3n) is 3.89. The van der Waals surface area contributed by atoms with E-state index in [-0.39, 0.29) is 11.8 Å². The Morgan fingerprint density at radius 2 is 2.27 bits per heavy atom. The highest BCUT2D eigenvalue weighted by Crippen LogP contribution is 2.29. The Kier molecular flexibility index (Phi) is 4.14. The van der Waals surface area contributed by atoms with Crippen molar-refractivity contribution >= 4 is 39.3 Å². The molecule has 0 aliphatic carbocycles. The van der Waals surface area contributed by atoms with Crippen molar-refractivity contribution in [2.24, 2.45) is 9.98 Å². The first-order chi connectivity index (χ1) is 12.6. The Morgan fingerprint density at radius 1 is 1.42 bits per heavy atom. The molecule has 3 aromatic rings. The van der Waals surface area contributed by atoms with Crippen LogP contribution in [0.4, 0.5) is 5.13 Å². The summed E-state index contributed by atoms with van der Waals surface area (Å²) >= 11 is 2.64. The van der Waals surface area contributed by atoms with Gasteiger partial charge >= 0.3 is 0 Å². The van der Waals surface area contributed by atoms with Crippen LogP contribution in [0.1, 0.15) is 10.4 Å². The van der Waals surface area contributed by atoms with Crippen molar-refractivity contribution in [2.45, 2.75) is 13.5 Å². The van der Waals surface area contributed by atoms with Gasteiger partial charge in [-0.3, -0.25) is 9.36 Å². The maximum atomic E-state index is 12.5. The first-order valence-electron chi connectivity index (χ1n) is 7.80. The second-order valence-electron chi connectivity index (χ2n) is 5.68. The second kappa shape index (κ2) is 6.47. The van der Waals surface area contributed by atoms with Crippen molar-refractivity contribution < 1.29 is 9.90 Å². The Bertz CT molecular complexity index is 1220. The molecule has 0 saturated heterocycles. The summed E-state index contributed by atoms with van der Waals surface area (Å²) in [5.74, 6) is -0.369. The summed E-state index contributed by atoms with van der Waals surface area (Å²) in [5, 5.41) is 14.5. The van der Waals surface area contributed by atoms with Crippen molar-refractivity contribution in [3.8, 4) is 5.88 Å². The van der Waals surface area contributed by atoms with Crippen LogP contribution < -0.4 is 15.4 Å². The number of carbonyl (C=O) groups excluding carboxylic acids is 1. The molecule has 8 heteroatoms. The van der Waals surface area contributed by atoms with Gasteiger partial charge in [0.2, 0.25) is 11.0 Å². The summed E-state index contributed by atoms with van der Waals surface area (Å²) in [6, 6.07) is 5.64. The van der Waals surface area contributed by atoms with Gasteiger partial charge in [-0.25, -0.2) is 9.98 Å². The average molecular weight is 382 g/mol. The second-order valence-corrected chi connectivity index (χ2v) is 7.53. The standard InChI is InChI=1S/C18H14N4O2S2/c1-3-7-22-16(24)14(26-18(22)21-17-19-6-8-25-17)13-11-9-10(2)4-5-12(11)20-15(13)23/h3-6,8-9,24H,1,7H2,2H3/b21-18-. The van der Waals surface area contributed by atoms with Crippen LogP contribution in [0.25, 0.3) is 5.57 Å². The maximum absolute atomic E-state index is 12.5. The Hall–Kier alpha value is -2.84. The smallest absolute Gasteiger partial charge is 0.279 e. The fraction of sp³-hybridized carbons (Fsp3) is 0.111. The fourth-order valence-electron chi connectivity index (χ4n) is 2.75. The summed E-state index contributed by atoms with van der Waals surface area (Å²) in [4.78, 5) is 26.3. The van der Waals surface area contributed by atoms with E-state index >= 15 is 0 Å². The lowest BCUT2D eigenvalue weighted by Gasteiger charge is -2.02. The molecule has 1 aromatic carbocycles. The van der Waals surface area contributed by atoms with Gasteiger partial charge in [-0.2, -0.15) is 4.99 Å². The normalized spacial score (nSPS) is 13.8. The average Bonchev–Trinajstić information content (AvgIpc) is 3.29. The molecule has 130 valence electrons. The molecule has 26 heavy (non-hydrogen) atoms. The molecule has 1 aliphatic heterocycles. The van der Waals surface area contributed by atoms with Gasteiger partial charge in [-0.05, 0) is 19.1 Å². The van der Waals surface area contributed by atoms with Crippen LogP contribution in [0.3, 0.4) is 0 Å². The summed E-state index contributed by atoms with van der Waals surface area (Å²) in [7, 11) is 0. The number of hydrogen-bond donors (Lipinski definition) is 1. The van der Waals surface area contributed by atoms with Crippen LogP contribution in [-0.4, -0.2) is 20.6 Å². The first-order valence-corrected chi connectivity index (χ1v) is 9.50. The topological polar surface area (TPSA) is 79.8 Å². The molecule has 0 fully saturated rings. The van der Waals surface area contributed by atoms with Gasteiger partial charge in [-0.15, -0.1) is 17.9 Å². The molecule has 1 N–H and O–H groups in total. The monoisotopic (exact) mass is 382 g/mol. The lowest BCUT2D eigenvalue weighted by molar-refractivity contribution is -0.112. The minimum Gasteiger partial charge on any atom is -0.493 e. The summed E-state index contributed by atoms with van der Waals surface area (Å²) < 4.78 is 1.61. The van der Waals surface area contributed by atoms with Crippen molar-refractivity contribution in [2.75, 3.05) is 0 Å². The number of rotatable bonds is 4. The largest absolute Gasteiger partial charge is 0.493 e. The van der Waals surface area contributed by atoms with Crippen LogP contribution >= 0.6 is 22.7 Å². The third kappa shape index (κ3) is 2.73. The lowest BCUT2D eigenvalue weighted by atomic mass is 10.1. The van der Waals surface area contributed by atoms with Crippen molar-refractivity contribution in [3.63, 3.8) is 0 Å². The van der Waals surface area contributed by atoms with Gasteiger partial charge in [-0.1, -0.05) is 29.0 Å². The zero-order valence-corrected chi connectivity index (χ0v) is 15.5. The van der Waals surface area contributed by atoms with Crippen LogP contribution in [0, 0.1) is 6.92 Å². The Morgan fingerprint density at radius 3 is 3.00 bits per heavy atom. The van der Waals surface area contributed by atoms with E-state index in [0.717, 1.165) is 10.8 Å². The van der Waals surface area contributed by atoms with E-state index in [4.69, 9.17) is 0 Å². The predicted molar refractivity (Wildman–Crippen MR) is 101 cm³/mol. The molecular weight excluding hydrogens is 368 g/mol. The molecule has 1 amide bonds. The minimum atomic E-state index is -0.353. The number of benzene rings is 1. The molecule has 0 atom stereocenters. The fourth-order valence-corrected chi connectivity index (χ4v) is 4.39. The zero-order chi connectivity index (χ0) is 18.3. The number of fused-ring (bicyclic) bond motifs is 1. The Balaban J connectivity index is 2.02. The molecule has 1 aliphatic rings. The highest BCUT2D eigenvalue weighted by Gasteiger charge is 2.25. The predicted octanol–water partition coefficient (Wildman–Crippen LogP) is 1.80. The van der Waals surface area contributed by atoms with E-state index in [2.05, 4.69) is 21.5 Å². The van der Waals surface area contributed by atoms with E-state index in [9.17, 15) is 9.90 Å². The van der Waals surface area contributed by atoms with Gasteiger partial charge in [0.15, 0.2) is 4.80 Å². The van der Waals surface area contributed by atoms with Crippen LogP contribution in [0.2, 0.25) is 0 Å². The summed E-state index contributed by atoms with van der Waals surface area (Å²) in [6.45, 7) is 6.05. The van der Waals surface area contributed by atoms with Crippen LogP contribution in [-0.2, 0) is 11.3 Å². The first kappa shape index (κ1) is 16.6. The number of aromatic hydroxyl groups is 1. The summed E-state index contributed by atoms with van der Waals surface area (Å²) in [5.41, 5.74) is 1.43. The van der Waals surface area contributed by atoms with Gasteiger partial charge in [0, 0.05) is 23.3 Å². The number of amides is 1. The number of hydrogen-bond acceptors (Lipinski definition) is 6. The molecule has 4 rings (SSSR count). The molecule has 0 radical (unpaired) electrons. The molecule has 3 heterocycles. The Labute approximate surface area is 156 Å². The number of thiazole rings is 2. The minimum absolute atomic E-state index is 0.0156. The number of carbonyl (C=O) groups is 1. The van der Waals surface area contributed by atoms with Crippen LogP contribution in [0.5, 0.6) is 5.88 Å². The van der Waals surface area contributed by atoms with Crippen molar-refractivity contribution in [1.82, 2.24) is 9.55 Å². The number of aryl methyl sites for hydroxylation is 1. The molecule has 0 spiro atoms. The van der Waals surface area contributed by atoms with E-state index in [1.165, 1.54) is 22.7 Å². The third-order valence-corrected chi connectivity index (χ3v) is 5.64. The number of nitrogens with zero attached hydrogens (tertiary/aromatic N) is 4. The van der Waals surface area contributed by atoms with E-state index in [0.29, 0.717) is 32.3 Å². The van der Waals surface area contributed by atoms with Gasteiger partial charge < -0.3 is 5.11 Å².